The molecule has 94 valence electrons. The molecular weight excluding hydrogens is 286 g/mol. The van der Waals surface area contributed by atoms with Crippen molar-refractivity contribution < 1.29 is 0 Å². The van der Waals surface area contributed by atoms with Gasteiger partial charge in [-0.2, -0.15) is 0 Å². The summed E-state index contributed by atoms with van der Waals surface area (Å²) in [6.45, 7) is 2.75. The monoisotopic (exact) mass is 297 g/mol. The van der Waals surface area contributed by atoms with Gasteiger partial charge in [0.2, 0.25) is 0 Å². The van der Waals surface area contributed by atoms with Crippen LogP contribution in [0.15, 0.2) is 20.9 Å². The van der Waals surface area contributed by atoms with Crippen molar-refractivity contribution in [2.45, 2.75) is 22.8 Å². The summed E-state index contributed by atoms with van der Waals surface area (Å²) in [5.41, 5.74) is 1.17. The fourth-order valence-electron chi connectivity index (χ4n) is 1.63. The number of nitrogens with zero attached hydrogens (tertiary/aromatic N) is 4. The maximum absolute atomic E-state index is 4.64. The van der Waals surface area contributed by atoms with Gasteiger partial charge in [-0.05, 0) is 25.7 Å². The van der Waals surface area contributed by atoms with Crippen LogP contribution in [0.3, 0.4) is 0 Å². The van der Waals surface area contributed by atoms with E-state index in [9.17, 15) is 0 Å². The molecule has 0 radical (unpaired) electrons. The van der Waals surface area contributed by atoms with Gasteiger partial charge in [0.25, 0.3) is 0 Å². The minimum absolute atomic E-state index is 0.790. The van der Waals surface area contributed by atoms with E-state index in [0.29, 0.717) is 0 Å². The summed E-state index contributed by atoms with van der Waals surface area (Å²) in [4.78, 5) is 5.66. The van der Waals surface area contributed by atoms with Crippen molar-refractivity contribution >= 4 is 39.4 Å². The lowest BCUT2D eigenvalue weighted by atomic mass is 10.5. The number of thiazole rings is 1. The SMILES string of the molecule is CNCc1c(Sc2nnc(C)s2)nc2sccn12. The lowest BCUT2D eigenvalue weighted by molar-refractivity contribution is 0.765. The van der Waals surface area contributed by atoms with Crippen LogP contribution in [0.25, 0.3) is 4.96 Å². The van der Waals surface area contributed by atoms with Gasteiger partial charge in [-0.1, -0.05) is 11.3 Å². The van der Waals surface area contributed by atoms with Gasteiger partial charge in [-0.25, -0.2) is 4.98 Å². The number of fused-ring (bicyclic) bond motifs is 1. The van der Waals surface area contributed by atoms with E-state index in [1.165, 1.54) is 5.69 Å². The Kier molecular flexibility index (Phi) is 3.33. The van der Waals surface area contributed by atoms with Gasteiger partial charge in [-0.15, -0.1) is 21.5 Å². The van der Waals surface area contributed by atoms with Gasteiger partial charge in [0.15, 0.2) is 9.30 Å². The summed E-state index contributed by atoms with van der Waals surface area (Å²) in [5.74, 6) is 0. The first kappa shape index (κ1) is 12.1. The molecule has 0 amide bonds. The summed E-state index contributed by atoms with van der Waals surface area (Å²) in [5, 5.41) is 15.4. The highest BCUT2D eigenvalue weighted by molar-refractivity contribution is 8.01. The Morgan fingerprint density at radius 1 is 1.44 bits per heavy atom. The highest BCUT2D eigenvalue weighted by Crippen LogP contribution is 2.33. The molecule has 0 saturated carbocycles. The van der Waals surface area contributed by atoms with E-state index in [-0.39, 0.29) is 0 Å². The van der Waals surface area contributed by atoms with Gasteiger partial charge < -0.3 is 5.32 Å². The number of aryl methyl sites for hydroxylation is 1. The third kappa shape index (κ3) is 2.16. The van der Waals surface area contributed by atoms with Crippen molar-refractivity contribution in [3.8, 4) is 0 Å². The number of imidazole rings is 1. The molecule has 0 aliphatic rings. The van der Waals surface area contributed by atoms with Crippen molar-refractivity contribution in [1.29, 1.82) is 0 Å². The van der Waals surface area contributed by atoms with Crippen molar-refractivity contribution in [2.24, 2.45) is 0 Å². The van der Waals surface area contributed by atoms with Gasteiger partial charge in [-0.3, -0.25) is 4.40 Å². The average molecular weight is 297 g/mol. The average Bonchev–Trinajstić information content (AvgIpc) is 3.00. The number of aromatic nitrogens is 4. The lowest BCUT2D eigenvalue weighted by Gasteiger charge is -2.00. The molecule has 18 heavy (non-hydrogen) atoms. The van der Waals surface area contributed by atoms with Crippen LogP contribution in [0.1, 0.15) is 10.7 Å². The molecule has 0 aromatic carbocycles. The summed E-state index contributed by atoms with van der Waals surface area (Å²) in [7, 11) is 1.94. The fourth-order valence-corrected chi connectivity index (χ4v) is 4.26. The van der Waals surface area contributed by atoms with E-state index in [1.807, 2.05) is 19.4 Å². The zero-order valence-electron chi connectivity index (χ0n) is 9.88. The van der Waals surface area contributed by atoms with Crippen molar-refractivity contribution in [3.05, 3.63) is 22.3 Å². The Labute approximate surface area is 116 Å². The second-order valence-electron chi connectivity index (χ2n) is 3.64. The van der Waals surface area contributed by atoms with E-state index in [4.69, 9.17) is 0 Å². The molecule has 3 heterocycles. The molecule has 0 atom stereocenters. The summed E-state index contributed by atoms with van der Waals surface area (Å²) in [6.07, 6.45) is 2.05. The molecule has 0 saturated heterocycles. The summed E-state index contributed by atoms with van der Waals surface area (Å²) < 4.78 is 3.06. The molecule has 5 nitrogen and oxygen atoms in total. The van der Waals surface area contributed by atoms with Crippen LogP contribution in [-0.2, 0) is 6.54 Å². The van der Waals surface area contributed by atoms with E-state index in [0.717, 1.165) is 25.9 Å². The van der Waals surface area contributed by atoms with E-state index in [2.05, 4.69) is 31.1 Å². The minimum atomic E-state index is 0.790. The van der Waals surface area contributed by atoms with Crippen molar-refractivity contribution in [3.63, 3.8) is 0 Å². The summed E-state index contributed by atoms with van der Waals surface area (Å²) >= 11 is 4.82. The highest BCUT2D eigenvalue weighted by atomic mass is 32.2. The Balaban J connectivity index is 1.99. The second kappa shape index (κ2) is 4.96. The third-order valence-corrected chi connectivity index (χ3v) is 5.03. The van der Waals surface area contributed by atoms with Gasteiger partial charge in [0, 0.05) is 18.1 Å². The predicted octanol–water partition coefficient (Wildman–Crippen LogP) is 2.43. The van der Waals surface area contributed by atoms with Crippen LogP contribution in [0.4, 0.5) is 0 Å². The lowest BCUT2D eigenvalue weighted by Crippen LogP contribution is -2.07. The van der Waals surface area contributed by atoms with Crippen LogP contribution >= 0.6 is 34.4 Å². The smallest absolute Gasteiger partial charge is 0.194 e. The zero-order valence-corrected chi connectivity index (χ0v) is 12.3. The van der Waals surface area contributed by atoms with Crippen LogP contribution in [0.5, 0.6) is 0 Å². The number of nitrogens with one attached hydrogen (secondary N) is 1. The van der Waals surface area contributed by atoms with Crippen LogP contribution in [-0.4, -0.2) is 26.6 Å². The van der Waals surface area contributed by atoms with E-state index < -0.39 is 0 Å². The molecule has 3 aromatic heterocycles. The van der Waals surface area contributed by atoms with E-state index in [1.54, 1.807) is 34.4 Å². The molecule has 0 fully saturated rings. The molecule has 1 N–H and O–H groups in total. The van der Waals surface area contributed by atoms with Gasteiger partial charge in [0.1, 0.15) is 10.0 Å². The quantitative estimate of drug-likeness (QED) is 0.801. The van der Waals surface area contributed by atoms with Crippen LogP contribution in [0, 0.1) is 6.92 Å². The number of hydrogen-bond acceptors (Lipinski definition) is 7. The summed E-state index contributed by atoms with van der Waals surface area (Å²) in [6, 6.07) is 0. The topological polar surface area (TPSA) is 55.1 Å². The Morgan fingerprint density at radius 3 is 3.06 bits per heavy atom. The number of rotatable bonds is 4. The molecule has 8 heteroatoms. The first-order chi connectivity index (χ1) is 8.78. The fraction of sp³-hybridized carbons (Fsp3) is 0.300. The molecule has 0 bridgehead atoms. The standard InChI is InChI=1S/C10H11N5S3/c1-6-13-14-10(17-6)18-8-7(5-11-2)15-3-4-16-9(15)12-8/h3-4,11H,5H2,1-2H3. The molecule has 0 spiro atoms. The maximum Gasteiger partial charge on any atom is 0.194 e. The molecule has 0 aliphatic carbocycles. The normalized spacial score (nSPS) is 11.4. The second-order valence-corrected chi connectivity index (χ2v) is 6.93. The zero-order chi connectivity index (χ0) is 12.5. The first-order valence-corrected chi connectivity index (χ1v) is 7.86. The number of hydrogen-bond donors (Lipinski definition) is 1. The van der Waals surface area contributed by atoms with Gasteiger partial charge in [0.05, 0.1) is 5.69 Å². The predicted molar refractivity (Wildman–Crippen MR) is 74.6 cm³/mol. The Morgan fingerprint density at radius 2 is 2.33 bits per heavy atom. The maximum atomic E-state index is 4.64. The molecule has 3 aromatic rings. The molecule has 0 aliphatic heterocycles. The van der Waals surface area contributed by atoms with Gasteiger partial charge >= 0.3 is 0 Å². The van der Waals surface area contributed by atoms with E-state index >= 15 is 0 Å². The first-order valence-electron chi connectivity index (χ1n) is 5.35. The molecule has 0 unspecified atom stereocenters. The molecular formula is C10H11N5S3. The third-order valence-electron chi connectivity index (χ3n) is 2.36. The van der Waals surface area contributed by atoms with Crippen LogP contribution in [0.2, 0.25) is 0 Å². The molecule has 3 rings (SSSR count). The minimum Gasteiger partial charge on any atom is -0.314 e. The van der Waals surface area contributed by atoms with Crippen LogP contribution < -0.4 is 5.32 Å². The largest absolute Gasteiger partial charge is 0.314 e. The highest BCUT2D eigenvalue weighted by Gasteiger charge is 2.15. The van der Waals surface area contributed by atoms with Crippen molar-refractivity contribution in [1.82, 2.24) is 24.9 Å². The Hall–Kier alpha value is -0.960. The Bertz CT molecular complexity index is 668. The van der Waals surface area contributed by atoms with Crippen molar-refractivity contribution in [2.75, 3.05) is 7.05 Å².